The molecular formula is C16H16N4O3. The number of aryl methyl sites for hydroxylation is 1. The molecule has 1 aliphatic heterocycles. The molecule has 23 heavy (non-hydrogen) atoms. The molecule has 7 nitrogen and oxygen atoms in total. The highest BCUT2D eigenvalue weighted by atomic mass is 16.5. The van der Waals surface area contributed by atoms with Gasteiger partial charge in [-0.3, -0.25) is 4.79 Å². The molecule has 7 heteroatoms. The van der Waals surface area contributed by atoms with Gasteiger partial charge in [0.15, 0.2) is 11.6 Å². The SMILES string of the molecule is Cn1cccc1C(=O)N1CC[C@@H](c2noc(-c3ccco3)n2)C1. The summed E-state index contributed by atoms with van der Waals surface area (Å²) < 4.78 is 12.3. The summed E-state index contributed by atoms with van der Waals surface area (Å²) in [5, 5.41) is 4.04. The largest absolute Gasteiger partial charge is 0.459 e. The van der Waals surface area contributed by atoms with E-state index in [-0.39, 0.29) is 11.8 Å². The van der Waals surface area contributed by atoms with Crippen molar-refractivity contribution in [3.63, 3.8) is 0 Å². The molecule has 0 aromatic carbocycles. The zero-order valence-electron chi connectivity index (χ0n) is 12.7. The molecule has 3 aromatic rings. The van der Waals surface area contributed by atoms with E-state index < -0.39 is 0 Å². The Bertz CT molecular complexity index is 818. The van der Waals surface area contributed by atoms with Crippen LogP contribution >= 0.6 is 0 Å². The minimum atomic E-state index is 0.0368. The number of aromatic nitrogens is 3. The third-order valence-electron chi connectivity index (χ3n) is 4.18. The van der Waals surface area contributed by atoms with Crippen LogP contribution in [0, 0.1) is 0 Å². The summed E-state index contributed by atoms with van der Waals surface area (Å²) in [5.74, 6) is 1.68. The van der Waals surface area contributed by atoms with Gasteiger partial charge in [-0.15, -0.1) is 0 Å². The molecule has 0 radical (unpaired) electrons. The Balaban J connectivity index is 1.48. The van der Waals surface area contributed by atoms with E-state index in [1.807, 2.05) is 34.8 Å². The Morgan fingerprint density at radius 2 is 2.26 bits per heavy atom. The first-order valence-electron chi connectivity index (χ1n) is 7.50. The number of hydrogen-bond donors (Lipinski definition) is 0. The molecule has 0 saturated carbocycles. The maximum atomic E-state index is 12.5. The van der Waals surface area contributed by atoms with Crippen LogP contribution in [0.3, 0.4) is 0 Å². The number of carbonyl (C=O) groups excluding carboxylic acids is 1. The molecule has 0 spiro atoms. The lowest BCUT2D eigenvalue weighted by atomic mass is 10.1. The maximum Gasteiger partial charge on any atom is 0.293 e. The van der Waals surface area contributed by atoms with Crippen molar-refractivity contribution in [2.24, 2.45) is 7.05 Å². The Hall–Kier alpha value is -2.83. The van der Waals surface area contributed by atoms with Crippen molar-refractivity contribution < 1.29 is 13.7 Å². The zero-order valence-corrected chi connectivity index (χ0v) is 12.7. The summed E-state index contributed by atoms with van der Waals surface area (Å²) in [4.78, 5) is 18.8. The third kappa shape index (κ3) is 2.44. The lowest BCUT2D eigenvalue weighted by Crippen LogP contribution is -2.29. The fourth-order valence-corrected chi connectivity index (χ4v) is 2.90. The van der Waals surface area contributed by atoms with Gasteiger partial charge in [-0.05, 0) is 30.7 Å². The van der Waals surface area contributed by atoms with Crippen LogP contribution in [0.25, 0.3) is 11.7 Å². The van der Waals surface area contributed by atoms with Gasteiger partial charge in [-0.2, -0.15) is 4.98 Å². The molecule has 0 aliphatic carbocycles. The van der Waals surface area contributed by atoms with E-state index in [0.717, 1.165) is 6.42 Å². The number of carbonyl (C=O) groups is 1. The van der Waals surface area contributed by atoms with Gasteiger partial charge < -0.3 is 18.4 Å². The predicted octanol–water partition coefficient (Wildman–Crippen LogP) is 2.30. The van der Waals surface area contributed by atoms with Gasteiger partial charge in [-0.25, -0.2) is 0 Å². The second kappa shape index (κ2) is 5.42. The van der Waals surface area contributed by atoms with Crippen LogP contribution in [0.5, 0.6) is 0 Å². The van der Waals surface area contributed by atoms with Crippen LogP contribution in [0.2, 0.25) is 0 Å². The summed E-state index contributed by atoms with van der Waals surface area (Å²) in [6, 6.07) is 7.25. The lowest BCUT2D eigenvalue weighted by molar-refractivity contribution is 0.0781. The molecule has 4 heterocycles. The number of nitrogens with zero attached hydrogens (tertiary/aromatic N) is 4. The molecule has 4 rings (SSSR count). The van der Waals surface area contributed by atoms with Crippen molar-refractivity contribution >= 4 is 5.91 Å². The minimum absolute atomic E-state index is 0.0368. The average Bonchev–Trinajstić information content (AvgIpc) is 3.31. The Morgan fingerprint density at radius 1 is 1.35 bits per heavy atom. The summed E-state index contributed by atoms with van der Waals surface area (Å²) in [7, 11) is 1.87. The normalized spacial score (nSPS) is 17.8. The highest BCUT2D eigenvalue weighted by Gasteiger charge is 2.32. The standard InChI is InChI=1S/C16H16N4O3/c1-19-7-2-4-12(19)16(21)20-8-6-11(10-20)14-17-15(23-18-14)13-5-3-9-22-13/h2-5,7,9,11H,6,8,10H2,1H3/t11-/m1/s1. The van der Waals surface area contributed by atoms with Gasteiger partial charge in [0.25, 0.3) is 11.8 Å². The third-order valence-corrected chi connectivity index (χ3v) is 4.18. The van der Waals surface area contributed by atoms with E-state index in [9.17, 15) is 4.79 Å². The molecule has 1 saturated heterocycles. The van der Waals surface area contributed by atoms with Gasteiger partial charge in [0, 0.05) is 32.3 Å². The van der Waals surface area contributed by atoms with Crippen LogP contribution in [-0.2, 0) is 7.05 Å². The average molecular weight is 312 g/mol. The predicted molar refractivity (Wildman–Crippen MR) is 80.7 cm³/mol. The molecular weight excluding hydrogens is 296 g/mol. The second-order valence-corrected chi connectivity index (χ2v) is 5.68. The molecule has 1 amide bonds. The number of rotatable bonds is 3. The lowest BCUT2D eigenvalue weighted by Gasteiger charge is -2.16. The van der Waals surface area contributed by atoms with E-state index in [2.05, 4.69) is 10.1 Å². The minimum Gasteiger partial charge on any atom is -0.459 e. The molecule has 118 valence electrons. The molecule has 0 unspecified atom stereocenters. The van der Waals surface area contributed by atoms with Crippen molar-refractivity contribution in [2.45, 2.75) is 12.3 Å². The van der Waals surface area contributed by atoms with Crippen molar-refractivity contribution in [2.75, 3.05) is 13.1 Å². The van der Waals surface area contributed by atoms with E-state index in [4.69, 9.17) is 8.94 Å². The first kappa shape index (κ1) is 13.8. The van der Waals surface area contributed by atoms with Gasteiger partial charge in [-0.1, -0.05) is 5.16 Å². The first-order valence-corrected chi connectivity index (χ1v) is 7.50. The molecule has 3 aromatic heterocycles. The highest BCUT2D eigenvalue weighted by Crippen LogP contribution is 2.28. The molecule has 0 N–H and O–H groups in total. The summed E-state index contributed by atoms with van der Waals surface area (Å²) in [5.41, 5.74) is 0.690. The number of likely N-dealkylation sites (tertiary alicyclic amines) is 1. The Morgan fingerprint density at radius 3 is 3.00 bits per heavy atom. The van der Waals surface area contributed by atoms with Crippen LogP contribution in [0.4, 0.5) is 0 Å². The second-order valence-electron chi connectivity index (χ2n) is 5.68. The number of furan rings is 1. The summed E-state index contributed by atoms with van der Waals surface area (Å²) >= 11 is 0. The van der Waals surface area contributed by atoms with Crippen molar-refractivity contribution in [1.82, 2.24) is 19.6 Å². The van der Waals surface area contributed by atoms with E-state index in [1.54, 1.807) is 18.4 Å². The van der Waals surface area contributed by atoms with Gasteiger partial charge in [0.05, 0.1) is 6.26 Å². The van der Waals surface area contributed by atoms with Crippen molar-refractivity contribution in [1.29, 1.82) is 0 Å². The maximum absolute atomic E-state index is 12.5. The van der Waals surface area contributed by atoms with Crippen LogP contribution in [-0.4, -0.2) is 38.6 Å². The van der Waals surface area contributed by atoms with Gasteiger partial charge >= 0.3 is 0 Å². The fourth-order valence-electron chi connectivity index (χ4n) is 2.90. The van der Waals surface area contributed by atoms with Crippen molar-refractivity contribution in [3.05, 3.63) is 48.2 Å². The molecule has 1 fully saturated rings. The fraction of sp³-hybridized carbons (Fsp3) is 0.312. The first-order chi connectivity index (χ1) is 11.2. The zero-order chi connectivity index (χ0) is 15.8. The van der Waals surface area contributed by atoms with Crippen LogP contribution < -0.4 is 0 Å². The summed E-state index contributed by atoms with van der Waals surface area (Å²) in [6.45, 7) is 1.29. The Kier molecular flexibility index (Phi) is 3.25. The van der Waals surface area contributed by atoms with Crippen LogP contribution in [0.1, 0.15) is 28.7 Å². The highest BCUT2D eigenvalue weighted by molar-refractivity contribution is 5.93. The van der Waals surface area contributed by atoms with E-state index in [0.29, 0.717) is 36.3 Å². The molecule has 0 bridgehead atoms. The van der Waals surface area contributed by atoms with Gasteiger partial charge in [0.1, 0.15) is 5.69 Å². The van der Waals surface area contributed by atoms with E-state index in [1.165, 1.54) is 0 Å². The van der Waals surface area contributed by atoms with Crippen molar-refractivity contribution in [3.8, 4) is 11.7 Å². The Labute approximate surface area is 132 Å². The van der Waals surface area contributed by atoms with Crippen LogP contribution in [0.15, 0.2) is 45.7 Å². The molecule has 1 aliphatic rings. The summed E-state index contributed by atoms with van der Waals surface area (Å²) in [6.07, 6.45) is 4.26. The topological polar surface area (TPSA) is 77.3 Å². The number of hydrogen-bond acceptors (Lipinski definition) is 5. The smallest absolute Gasteiger partial charge is 0.293 e. The monoisotopic (exact) mass is 312 g/mol. The van der Waals surface area contributed by atoms with E-state index >= 15 is 0 Å². The quantitative estimate of drug-likeness (QED) is 0.741. The number of amides is 1. The molecule has 1 atom stereocenters. The van der Waals surface area contributed by atoms with Gasteiger partial charge in [0.2, 0.25) is 0 Å².